The van der Waals surface area contributed by atoms with Gasteiger partial charge >= 0.3 is 12.0 Å². The van der Waals surface area contributed by atoms with Crippen molar-refractivity contribution < 1.29 is 24.2 Å². The van der Waals surface area contributed by atoms with Crippen molar-refractivity contribution in [3.05, 3.63) is 18.2 Å². The summed E-state index contributed by atoms with van der Waals surface area (Å²) in [5, 5.41) is 14.1. The summed E-state index contributed by atoms with van der Waals surface area (Å²) in [6, 6.07) is 3.38. The summed E-state index contributed by atoms with van der Waals surface area (Å²) < 4.78 is 10.2. The molecule has 22 heavy (non-hydrogen) atoms. The topological polar surface area (TPSA) is 96.9 Å². The number of methoxy groups -OCH3 is 2. The van der Waals surface area contributed by atoms with E-state index in [1.807, 2.05) is 13.8 Å². The van der Waals surface area contributed by atoms with Crippen molar-refractivity contribution in [3.63, 3.8) is 0 Å². The Labute approximate surface area is 129 Å². The van der Waals surface area contributed by atoms with E-state index in [1.54, 1.807) is 18.2 Å². The van der Waals surface area contributed by atoms with Gasteiger partial charge in [-0.05, 0) is 24.5 Å². The molecule has 0 fully saturated rings. The predicted molar refractivity (Wildman–Crippen MR) is 82.6 cm³/mol. The van der Waals surface area contributed by atoms with Gasteiger partial charge in [-0.2, -0.15) is 0 Å². The number of ether oxygens (including phenoxy) is 2. The minimum absolute atomic E-state index is 0.146. The van der Waals surface area contributed by atoms with E-state index in [0.29, 0.717) is 23.6 Å². The third-order valence-corrected chi connectivity index (χ3v) is 2.97. The number of aliphatic carboxylic acids is 1. The second-order valence-electron chi connectivity index (χ2n) is 5.19. The van der Waals surface area contributed by atoms with Gasteiger partial charge in [0.05, 0.1) is 19.9 Å². The fourth-order valence-electron chi connectivity index (χ4n) is 1.92. The lowest BCUT2D eigenvalue weighted by molar-refractivity contribution is -0.139. The number of carboxylic acids is 1. The van der Waals surface area contributed by atoms with Crippen LogP contribution in [0.15, 0.2) is 18.2 Å². The first-order chi connectivity index (χ1) is 10.4. The molecular weight excluding hydrogens is 288 g/mol. The molecule has 0 saturated carbocycles. The van der Waals surface area contributed by atoms with Crippen LogP contribution in [0.5, 0.6) is 11.5 Å². The van der Waals surface area contributed by atoms with Crippen LogP contribution in [0.2, 0.25) is 0 Å². The fourth-order valence-corrected chi connectivity index (χ4v) is 1.92. The van der Waals surface area contributed by atoms with Crippen LogP contribution in [-0.2, 0) is 4.79 Å². The Morgan fingerprint density at radius 3 is 2.41 bits per heavy atom. The Balaban J connectivity index is 2.81. The van der Waals surface area contributed by atoms with Gasteiger partial charge in [-0.1, -0.05) is 13.8 Å². The summed E-state index contributed by atoms with van der Waals surface area (Å²) in [7, 11) is 2.98. The van der Waals surface area contributed by atoms with Gasteiger partial charge in [0.15, 0.2) is 0 Å². The smallest absolute Gasteiger partial charge is 0.326 e. The summed E-state index contributed by atoms with van der Waals surface area (Å²) >= 11 is 0. The average Bonchev–Trinajstić information content (AvgIpc) is 2.45. The standard InChI is InChI=1S/C15H22N2O5/c1-9(2)7-12(14(18)19)17-15(20)16-11-8-10(21-3)5-6-13(11)22-4/h5-6,8-9,12H,7H2,1-4H3,(H,18,19)(H2,16,17,20)/t12-/m1/s1. The van der Waals surface area contributed by atoms with E-state index < -0.39 is 18.0 Å². The molecule has 3 N–H and O–H groups in total. The lowest BCUT2D eigenvalue weighted by Gasteiger charge is -2.18. The van der Waals surface area contributed by atoms with Gasteiger partial charge in [0, 0.05) is 6.07 Å². The zero-order valence-electron chi connectivity index (χ0n) is 13.2. The molecule has 0 heterocycles. The zero-order valence-corrected chi connectivity index (χ0v) is 13.2. The molecule has 0 unspecified atom stereocenters. The Hall–Kier alpha value is -2.44. The lowest BCUT2D eigenvalue weighted by Crippen LogP contribution is -2.43. The van der Waals surface area contributed by atoms with Gasteiger partial charge in [0.1, 0.15) is 17.5 Å². The second kappa shape index (κ2) is 8.11. The molecule has 122 valence electrons. The molecule has 0 spiro atoms. The Morgan fingerprint density at radius 2 is 1.91 bits per heavy atom. The Morgan fingerprint density at radius 1 is 1.23 bits per heavy atom. The van der Waals surface area contributed by atoms with E-state index in [-0.39, 0.29) is 5.92 Å². The first-order valence-electron chi connectivity index (χ1n) is 6.89. The molecule has 1 aromatic carbocycles. The maximum atomic E-state index is 12.0. The average molecular weight is 310 g/mol. The molecule has 1 atom stereocenters. The normalized spacial score (nSPS) is 11.7. The quantitative estimate of drug-likeness (QED) is 0.718. The van der Waals surface area contributed by atoms with Gasteiger partial charge < -0.3 is 25.2 Å². The fraction of sp³-hybridized carbons (Fsp3) is 0.467. The van der Waals surface area contributed by atoms with E-state index in [0.717, 1.165) is 0 Å². The molecule has 7 heteroatoms. The minimum Gasteiger partial charge on any atom is -0.497 e. The predicted octanol–water partition coefficient (Wildman–Crippen LogP) is 2.32. The first-order valence-corrected chi connectivity index (χ1v) is 6.89. The van der Waals surface area contributed by atoms with Crippen molar-refractivity contribution in [2.75, 3.05) is 19.5 Å². The molecule has 0 aliphatic carbocycles. The summed E-state index contributed by atoms with van der Waals surface area (Å²) in [4.78, 5) is 23.2. The Kier molecular flexibility index (Phi) is 6.49. The van der Waals surface area contributed by atoms with Gasteiger partial charge in [-0.25, -0.2) is 9.59 Å². The molecule has 2 amide bonds. The van der Waals surface area contributed by atoms with E-state index in [2.05, 4.69) is 10.6 Å². The van der Waals surface area contributed by atoms with Crippen LogP contribution in [0, 0.1) is 5.92 Å². The first kappa shape index (κ1) is 17.6. The number of carbonyl (C=O) groups is 2. The SMILES string of the molecule is COc1ccc(OC)c(NC(=O)N[C@H](CC(C)C)C(=O)O)c1. The maximum absolute atomic E-state index is 12.0. The maximum Gasteiger partial charge on any atom is 0.326 e. The number of carbonyl (C=O) groups excluding carboxylic acids is 1. The van der Waals surface area contributed by atoms with Gasteiger partial charge in [0.25, 0.3) is 0 Å². The highest BCUT2D eigenvalue weighted by molar-refractivity contribution is 5.93. The van der Waals surface area contributed by atoms with Gasteiger partial charge in [-0.15, -0.1) is 0 Å². The van der Waals surface area contributed by atoms with E-state index >= 15 is 0 Å². The number of hydrogen-bond donors (Lipinski definition) is 3. The zero-order chi connectivity index (χ0) is 16.7. The number of hydrogen-bond acceptors (Lipinski definition) is 4. The van der Waals surface area contributed by atoms with Crippen LogP contribution in [0.4, 0.5) is 10.5 Å². The minimum atomic E-state index is -1.07. The van der Waals surface area contributed by atoms with Crippen LogP contribution in [0.3, 0.4) is 0 Å². The van der Waals surface area contributed by atoms with Crippen molar-refractivity contribution in [2.24, 2.45) is 5.92 Å². The number of rotatable bonds is 7. The summed E-state index contributed by atoms with van der Waals surface area (Å²) in [5.41, 5.74) is 0.396. The molecule has 0 aliphatic rings. The van der Waals surface area contributed by atoms with Crippen molar-refractivity contribution in [2.45, 2.75) is 26.3 Å². The van der Waals surface area contributed by atoms with Crippen molar-refractivity contribution >= 4 is 17.7 Å². The highest BCUT2D eigenvalue weighted by atomic mass is 16.5. The lowest BCUT2D eigenvalue weighted by atomic mass is 10.0. The van der Waals surface area contributed by atoms with Crippen molar-refractivity contribution in [1.29, 1.82) is 0 Å². The number of urea groups is 1. The number of benzene rings is 1. The monoisotopic (exact) mass is 310 g/mol. The van der Waals surface area contributed by atoms with Gasteiger partial charge in [0.2, 0.25) is 0 Å². The number of anilines is 1. The molecular formula is C15H22N2O5. The van der Waals surface area contributed by atoms with Crippen LogP contribution in [0.25, 0.3) is 0 Å². The highest BCUT2D eigenvalue weighted by Gasteiger charge is 2.21. The Bertz CT molecular complexity index is 531. The third-order valence-electron chi connectivity index (χ3n) is 2.97. The van der Waals surface area contributed by atoms with E-state index in [4.69, 9.17) is 14.6 Å². The molecule has 0 aliphatic heterocycles. The van der Waals surface area contributed by atoms with E-state index in [9.17, 15) is 9.59 Å². The van der Waals surface area contributed by atoms with Gasteiger partial charge in [-0.3, -0.25) is 0 Å². The molecule has 7 nitrogen and oxygen atoms in total. The molecule has 1 aromatic rings. The molecule has 0 aromatic heterocycles. The van der Waals surface area contributed by atoms with E-state index in [1.165, 1.54) is 14.2 Å². The summed E-state index contributed by atoms with van der Waals surface area (Å²) in [5.74, 6) is 0.0777. The van der Waals surface area contributed by atoms with Crippen LogP contribution >= 0.6 is 0 Å². The summed E-state index contributed by atoms with van der Waals surface area (Å²) in [6.07, 6.45) is 0.345. The third kappa shape index (κ3) is 5.16. The highest BCUT2D eigenvalue weighted by Crippen LogP contribution is 2.28. The second-order valence-corrected chi connectivity index (χ2v) is 5.19. The van der Waals surface area contributed by atoms with Crippen LogP contribution < -0.4 is 20.1 Å². The molecule has 0 bridgehead atoms. The molecule has 1 rings (SSSR count). The number of nitrogens with one attached hydrogen (secondary N) is 2. The van der Waals surface area contributed by atoms with Crippen molar-refractivity contribution in [1.82, 2.24) is 5.32 Å². The largest absolute Gasteiger partial charge is 0.497 e. The summed E-state index contributed by atoms with van der Waals surface area (Å²) in [6.45, 7) is 3.78. The molecule has 0 saturated heterocycles. The van der Waals surface area contributed by atoms with Crippen LogP contribution in [-0.4, -0.2) is 37.4 Å². The van der Waals surface area contributed by atoms with Crippen molar-refractivity contribution in [3.8, 4) is 11.5 Å². The molecule has 0 radical (unpaired) electrons. The number of carboxylic acid groups (broad SMARTS) is 1. The number of amides is 2. The van der Waals surface area contributed by atoms with Crippen LogP contribution in [0.1, 0.15) is 20.3 Å².